The first-order valence-electron chi connectivity index (χ1n) is 9.56. The highest BCUT2D eigenvalue weighted by Gasteiger charge is 2.23. The van der Waals surface area contributed by atoms with Gasteiger partial charge in [0.05, 0.1) is 30.3 Å². The average molecular weight is 416 g/mol. The summed E-state index contributed by atoms with van der Waals surface area (Å²) < 4.78 is 11.1. The lowest BCUT2D eigenvalue weighted by Gasteiger charge is -2.27. The average Bonchev–Trinajstić information content (AvgIpc) is 3.16. The molecular weight excluding hydrogens is 394 g/mol. The summed E-state index contributed by atoms with van der Waals surface area (Å²) in [5.41, 5.74) is 2.07. The molecule has 2 aliphatic heterocycles. The van der Waals surface area contributed by atoms with E-state index in [9.17, 15) is 9.59 Å². The molecule has 2 aromatic carbocycles. The molecule has 3 amide bonds. The van der Waals surface area contributed by atoms with Gasteiger partial charge in [0, 0.05) is 25.2 Å². The number of nitrogens with one attached hydrogen (secondary N) is 2. The van der Waals surface area contributed by atoms with Crippen LogP contribution in [0.15, 0.2) is 42.5 Å². The number of ether oxygens (including phenoxy) is 2. The predicted octanol–water partition coefficient (Wildman–Crippen LogP) is 2.94. The zero-order valence-corrected chi connectivity index (χ0v) is 16.6. The van der Waals surface area contributed by atoms with Crippen molar-refractivity contribution in [1.82, 2.24) is 10.2 Å². The van der Waals surface area contributed by atoms with Crippen LogP contribution in [0.3, 0.4) is 0 Å². The van der Waals surface area contributed by atoms with Crippen LogP contribution in [0.5, 0.6) is 5.75 Å². The van der Waals surface area contributed by atoms with E-state index in [0.29, 0.717) is 49.1 Å². The highest BCUT2D eigenvalue weighted by atomic mass is 35.5. The summed E-state index contributed by atoms with van der Waals surface area (Å²) >= 11 is 6.29. The number of fused-ring (bicyclic) bond motifs is 1. The number of anilines is 1. The molecule has 1 saturated heterocycles. The minimum absolute atomic E-state index is 0.0877. The second-order valence-corrected chi connectivity index (χ2v) is 7.39. The normalized spacial score (nSPS) is 18.0. The lowest BCUT2D eigenvalue weighted by Crippen LogP contribution is -2.40. The van der Waals surface area contributed by atoms with E-state index in [1.54, 1.807) is 23.1 Å². The Hall–Kier alpha value is -2.77. The zero-order valence-electron chi connectivity index (χ0n) is 15.8. The number of carbonyl (C=O) groups is 2. The zero-order chi connectivity index (χ0) is 20.2. The summed E-state index contributed by atoms with van der Waals surface area (Å²) in [6, 6.07) is 12.4. The van der Waals surface area contributed by atoms with Crippen molar-refractivity contribution in [3.05, 3.63) is 58.6 Å². The van der Waals surface area contributed by atoms with Crippen LogP contribution >= 0.6 is 11.6 Å². The molecule has 0 radical (unpaired) electrons. The lowest BCUT2D eigenvalue weighted by atomic mass is 10.1. The number of carbonyl (C=O) groups excluding carboxylic acids is 2. The summed E-state index contributed by atoms with van der Waals surface area (Å²) in [6.45, 7) is 2.54. The first kappa shape index (κ1) is 19.5. The Kier molecular flexibility index (Phi) is 5.87. The summed E-state index contributed by atoms with van der Waals surface area (Å²) in [4.78, 5) is 26.5. The number of urea groups is 1. The minimum Gasteiger partial charge on any atom is -0.488 e. The maximum absolute atomic E-state index is 12.6. The number of morpholine rings is 1. The Balaban J connectivity index is 1.29. The quantitative estimate of drug-likeness (QED) is 0.804. The molecule has 7 nitrogen and oxygen atoms in total. The Morgan fingerprint density at radius 3 is 2.69 bits per heavy atom. The van der Waals surface area contributed by atoms with Crippen molar-refractivity contribution in [3.8, 4) is 5.75 Å². The van der Waals surface area contributed by atoms with E-state index in [0.717, 1.165) is 17.7 Å². The predicted molar refractivity (Wildman–Crippen MR) is 110 cm³/mol. The van der Waals surface area contributed by atoms with E-state index < -0.39 is 0 Å². The van der Waals surface area contributed by atoms with E-state index in [-0.39, 0.29) is 18.0 Å². The Bertz CT molecular complexity index is 890. The smallest absolute Gasteiger partial charge is 0.319 e. The van der Waals surface area contributed by atoms with Crippen LogP contribution in [0.1, 0.15) is 15.9 Å². The molecule has 1 unspecified atom stereocenters. The molecule has 1 fully saturated rings. The largest absolute Gasteiger partial charge is 0.488 e. The molecule has 2 aromatic rings. The van der Waals surface area contributed by atoms with Gasteiger partial charge in [0.15, 0.2) is 0 Å². The maximum Gasteiger partial charge on any atom is 0.319 e. The van der Waals surface area contributed by atoms with Crippen LogP contribution in [-0.4, -0.2) is 55.8 Å². The molecule has 0 saturated carbocycles. The molecule has 0 aromatic heterocycles. The number of nitrogens with zero attached hydrogens (tertiary/aromatic N) is 1. The van der Waals surface area contributed by atoms with Crippen molar-refractivity contribution in [2.75, 3.05) is 38.2 Å². The van der Waals surface area contributed by atoms with E-state index in [2.05, 4.69) is 10.6 Å². The number of hydrogen-bond donors (Lipinski definition) is 2. The number of amides is 3. The van der Waals surface area contributed by atoms with Crippen LogP contribution in [0.2, 0.25) is 5.02 Å². The van der Waals surface area contributed by atoms with Gasteiger partial charge in [-0.25, -0.2) is 4.79 Å². The van der Waals surface area contributed by atoms with Gasteiger partial charge in [0.25, 0.3) is 5.91 Å². The highest BCUT2D eigenvalue weighted by molar-refractivity contribution is 6.34. The molecule has 0 bridgehead atoms. The van der Waals surface area contributed by atoms with Gasteiger partial charge in [-0.05, 0) is 29.8 Å². The van der Waals surface area contributed by atoms with Crippen molar-refractivity contribution in [2.45, 2.75) is 12.5 Å². The van der Waals surface area contributed by atoms with Gasteiger partial charge in [0.2, 0.25) is 0 Å². The molecule has 4 rings (SSSR count). The van der Waals surface area contributed by atoms with Crippen LogP contribution in [0.4, 0.5) is 10.5 Å². The third-order valence-corrected chi connectivity index (χ3v) is 5.27. The van der Waals surface area contributed by atoms with Crippen molar-refractivity contribution < 1.29 is 19.1 Å². The van der Waals surface area contributed by atoms with Crippen molar-refractivity contribution in [1.29, 1.82) is 0 Å². The maximum atomic E-state index is 12.6. The number of rotatable bonds is 4. The molecule has 152 valence electrons. The van der Waals surface area contributed by atoms with Gasteiger partial charge >= 0.3 is 6.03 Å². The monoisotopic (exact) mass is 415 g/mol. The first-order chi connectivity index (χ1) is 14.1. The molecule has 1 atom stereocenters. The Labute approximate surface area is 173 Å². The van der Waals surface area contributed by atoms with Crippen molar-refractivity contribution >= 4 is 29.2 Å². The molecule has 29 heavy (non-hydrogen) atoms. The molecule has 8 heteroatoms. The molecular formula is C21H22ClN3O4. The van der Waals surface area contributed by atoms with Crippen LogP contribution in [0, 0.1) is 0 Å². The molecule has 2 heterocycles. The Morgan fingerprint density at radius 1 is 1.14 bits per heavy atom. The fourth-order valence-electron chi connectivity index (χ4n) is 3.45. The van der Waals surface area contributed by atoms with E-state index >= 15 is 0 Å². The topological polar surface area (TPSA) is 79.9 Å². The van der Waals surface area contributed by atoms with Gasteiger partial charge in [-0.15, -0.1) is 0 Å². The van der Waals surface area contributed by atoms with Gasteiger partial charge < -0.3 is 25.0 Å². The third-order valence-electron chi connectivity index (χ3n) is 4.96. The van der Waals surface area contributed by atoms with E-state index in [1.807, 2.05) is 24.3 Å². The number of halogens is 1. The van der Waals surface area contributed by atoms with Crippen LogP contribution in [0.25, 0.3) is 0 Å². The fraction of sp³-hybridized carbons (Fsp3) is 0.333. The second-order valence-electron chi connectivity index (χ2n) is 6.99. The van der Waals surface area contributed by atoms with Crippen molar-refractivity contribution in [3.63, 3.8) is 0 Å². The third kappa shape index (κ3) is 4.63. The molecule has 2 aliphatic rings. The SMILES string of the molecule is O=C(NCC1Cc2ccccc2O1)Nc1ccc(C(=O)N2CCOCC2)c(Cl)c1. The van der Waals surface area contributed by atoms with Gasteiger partial charge in [-0.1, -0.05) is 29.8 Å². The molecule has 2 N–H and O–H groups in total. The molecule has 0 spiro atoms. The van der Waals surface area contributed by atoms with Crippen LogP contribution < -0.4 is 15.4 Å². The summed E-state index contributed by atoms with van der Waals surface area (Å²) in [5, 5.41) is 5.85. The van der Waals surface area contributed by atoms with E-state index in [1.165, 1.54) is 0 Å². The fourth-order valence-corrected chi connectivity index (χ4v) is 3.71. The lowest BCUT2D eigenvalue weighted by molar-refractivity contribution is 0.0303. The second kappa shape index (κ2) is 8.71. The first-order valence-corrected chi connectivity index (χ1v) is 9.94. The minimum atomic E-state index is -0.354. The summed E-state index contributed by atoms with van der Waals surface area (Å²) in [6.07, 6.45) is 0.677. The standard InChI is InChI=1S/C21H22ClN3O4/c22-18-12-15(5-6-17(18)20(26)25-7-9-28-10-8-25)24-21(27)23-13-16-11-14-3-1-2-4-19(14)29-16/h1-6,12,16H,7-11,13H2,(H2,23,24,27). The summed E-state index contributed by atoms with van der Waals surface area (Å²) in [7, 11) is 0. The van der Waals surface area contributed by atoms with E-state index in [4.69, 9.17) is 21.1 Å². The summed E-state index contributed by atoms with van der Waals surface area (Å²) in [5.74, 6) is 0.735. The van der Waals surface area contributed by atoms with Crippen molar-refractivity contribution in [2.24, 2.45) is 0 Å². The highest BCUT2D eigenvalue weighted by Crippen LogP contribution is 2.28. The van der Waals surface area contributed by atoms with Gasteiger partial charge in [-0.2, -0.15) is 0 Å². The molecule has 0 aliphatic carbocycles. The van der Waals surface area contributed by atoms with Crippen LogP contribution in [-0.2, 0) is 11.2 Å². The van der Waals surface area contributed by atoms with Gasteiger partial charge in [-0.3, -0.25) is 4.79 Å². The Morgan fingerprint density at radius 2 is 1.93 bits per heavy atom. The number of benzene rings is 2. The van der Waals surface area contributed by atoms with Gasteiger partial charge in [0.1, 0.15) is 11.9 Å². The number of para-hydroxylation sites is 1. The number of hydrogen-bond acceptors (Lipinski definition) is 4.